The second-order valence-electron chi connectivity index (χ2n) is 3.63. The lowest BCUT2D eigenvalue weighted by atomic mass is 10.1. The molecule has 5 heteroatoms. The van der Waals surface area contributed by atoms with Crippen LogP contribution in [0.25, 0.3) is 0 Å². The van der Waals surface area contributed by atoms with Crippen molar-refractivity contribution in [3.63, 3.8) is 0 Å². The Morgan fingerprint density at radius 2 is 2.06 bits per heavy atom. The molecule has 0 aliphatic heterocycles. The molecule has 0 unspecified atom stereocenters. The van der Waals surface area contributed by atoms with Crippen LogP contribution >= 0.6 is 0 Å². The summed E-state index contributed by atoms with van der Waals surface area (Å²) in [6.45, 7) is 1.26. The minimum atomic E-state index is -2.84. The van der Waals surface area contributed by atoms with Crippen LogP contribution in [0.1, 0.15) is 12.0 Å². The molecule has 0 saturated heterocycles. The number of ether oxygens (including phenoxy) is 1. The molecular formula is C13H15F2NO2. The van der Waals surface area contributed by atoms with Crippen molar-refractivity contribution in [2.45, 2.75) is 19.5 Å². The highest BCUT2D eigenvalue weighted by molar-refractivity contribution is 5.78. The molecule has 18 heavy (non-hydrogen) atoms. The monoisotopic (exact) mass is 255 g/mol. The molecule has 1 aromatic rings. The van der Waals surface area contributed by atoms with E-state index in [1.807, 2.05) is 0 Å². The minimum absolute atomic E-state index is 0.0841. The van der Waals surface area contributed by atoms with E-state index in [9.17, 15) is 13.6 Å². The van der Waals surface area contributed by atoms with Gasteiger partial charge in [-0.3, -0.25) is 4.79 Å². The van der Waals surface area contributed by atoms with Crippen LogP contribution in [-0.4, -0.2) is 19.1 Å². The first kappa shape index (κ1) is 14.2. The number of hydrogen-bond acceptors (Lipinski definition) is 2. The van der Waals surface area contributed by atoms with Crippen molar-refractivity contribution < 1.29 is 18.3 Å². The van der Waals surface area contributed by atoms with E-state index in [2.05, 4.69) is 16.6 Å². The zero-order chi connectivity index (χ0) is 13.4. The summed E-state index contributed by atoms with van der Waals surface area (Å²) in [5, 5.41) is 2.72. The number of carbonyl (C=O) groups is 1. The number of carbonyl (C=O) groups excluding carboxylic acids is 1. The van der Waals surface area contributed by atoms with Crippen LogP contribution in [-0.2, 0) is 11.2 Å². The average molecular weight is 255 g/mol. The van der Waals surface area contributed by atoms with E-state index in [0.717, 1.165) is 5.56 Å². The number of nitrogens with one attached hydrogen (secondary N) is 1. The van der Waals surface area contributed by atoms with Gasteiger partial charge in [0, 0.05) is 6.54 Å². The summed E-state index contributed by atoms with van der Waals surface area (Å²) in [5.74, 6) is -0.0276. The van der Waals surface area contributed by atoms with E-state index in [4.69, 9.17) is 0 Å². The lowest BCUT2D eigenvalue weighted by molar-refractivity contribution is -0.120. The molecule has 0 radical (unpaired) electrons. The number of halogens is 2. The van der Waals surface area contributed by atoms with Crippen LogP contribution < -0.4 is 10.1 Å². The second kappa shape index (κ2) is 7.42. The van der Waals surface area contributed by atoms with Crippen LogP contribution in [0.3, 0.4) is 0 Å². The Bertz CT molecular complexity index is 390. The summed E-state index contributed by atoms with van der Waals surface area (Å²) in [7, 11) is 0. The van der Waals surface area contributed by atoms with Gasteiger partial charge in [-0.1, -0.05) is 18.2 Å². The first-order valence-corrected chi connectivity index (χ1v) is 5.53. The van der Waals surface area contributed by atoms with Crippen molar-refractivity contribution in [3.8, 4) is 5.75 Å². The Morgan fingerprint density at radius 3 is 2.61 bits per heavy atom. The van der Waals surface area contributed by atoms with Crippen molar-refractivity contribution >= 4 is 5.91 Å². The van der Waals surface area contributed by atoms with Gasteiger partial charge >= 0.3 is 6.61 Å². The fourth-order valence-corrected chi connectivity index (χ4v) is 1.35. The average Bonchev–Trinajstić information content (AvgIpc) is 2.31. The Balaban J connectivity index is 2.42. The third-order valence-corrected chi connectivity index (χ3v) is 2.18. The molecule has 1 rings (SSSR count). The van der Waals surface area contributed by atoms with Crippen molar-refractivity contribution in [3.05, 3.63) is 42.5 Å². The lowest BCUT2D eigenvalue weighted by Crippen LogP contribution is -2.25. The molecule has 0 heterocycles. The van der Waals surface area contributed by atoms with E-state index in [1.54, 1.807) is 18.2 Å². The Kier molecular flexibility index (Phi) is 5.84. The quantitative estimate of drug-likeness (QED) is 0.600. The Labute approximate surface area is 104 Å². The highest BCUT2D eigenvalue weighted by Crippen LogP contribution is 2.15. The standard InChI is InChI=1S/C13H15F2NO2/c1-2-3-8-16-12(17)9-10-4-6-11(7-5-10)18-13(14)15/h2,4-7,13H,1,3,8-9H2,(H,16,17). The van der Waals surface area contributed by atoms with Gasteiger partial charge in [0.05, 0.1) is 6.42 Å². The number of amides is 1. The third-order valence-electron chi connectivity index (χ3n) is 2.18. The third kappa shape index (κ3) is 5.43. The number of hydrogen-bond donors (Lipinski definition) is 1. The summed E-state index contributed by atoms with van der Waals surface area (Å²) in [6.07, 6.45) is 2.65. The summed E-state index contributed by atoms with van der Waals surface area (Å²) in [4.78, 5) is 11.5. The normalized spacial score (nSPS) is 10.2. The van der Waals surface area contributed by atoms with Crippen LogP contribution in [0.15, 0.2) is 36.9 Å². The van der Waals surface area contributed by atoms with Crippen LogP contribution in [0.2, 0.25) is 0 Å². The van der Waals surface area contributed by atoms with Gasteiger partial charge in [-0.2, -0.15) is 8.78 Å². The zero-order valence-electron chi connectivity index (χ0n) is 9.86. The van der Waals surface area contributed by atoms with Crippen molar-refractivity contribution in [1.82, 2.24) is 5.32 Å². The molecule has 0 atom stereocenters. The number of alkyl halides is 2. The van der Waals surface area contributed by atoms with Crippen molar-refractivity contribution in [2.24, 2.45) is 0 Å². The van der Waals surface area contributed by atoms with E-state index >= 15 is 0 Å². The summed E-state index contributed by atoms with van der Waals surface area (Å²) >= 11 is 0. The molecule has 0 bridgehead atoms. The maximum absolute atomic E-state index is 11.9. The summed E-state index contributed by atoms with van der Waals surface area (Å²) in [5.41, 5.74) is 0.743. The molecule has 3 nitrogen and oxygen atoms in total. The smallest absolute Gasteiger partial charge is 0.387 e. The number of benzene rings is 1. The predicted molar refractivity (Wildman–Crippen MR) is 64.6 cm³/mol. The largest absolute Gasteiger partial charge is 0.435 e. The highest BCUT2D eigenvalue weighted by Gasteiger charge is 2.05. The van der Waals surface area contributed by atoms with E-state index < -0.39 is 6.61 Å². The first-order chi connectivity index (χ1) is 8.61. The van der Waals surface area contributed by atoms with Gasteiger partial charge in [0.1, 0.15) is 5.75 Å². The molecule has 1 aromatic carbocycles. The van der Waals surface area contributed by atoms with Gasteiger partial charge in [-0.15, -0.1) is 6.58 Å². The van der Waals surface area contributed by atoms with E-state index in [-0.39, 0.29) is 18.1 Å². The fourth-order valence-electron chi connectivity index (χ4n) is 1.35. The zero-order valence-corrected chi connectivity index (χ0v) is 9.86. The van der Waals surface area contributed by atoms with Gasteiger partial charge in [0.25, 0.3) is 0 Å². The van der Waals surface area contributed by atoms with Crippen LogP contribution in [0, 0.1) is 0 Å². The highest BCUT2D eigenvalue weighted by atomic mass is 19.3. The Hall–Kier alpha value is -1.91. The predicted octanol–water partition coefficient (Wildman–Crippen LogP) is 2.52. The maximum atomic E-state index is 11.9. The second-order valence-corrected chi connectivity index (χ2v) is 3.63. The minimum Gasteiger partial charge on any atom is -0.435 e. The molecule has 98 valence electrons. The molecule has 0 fully saturated rings. The molecule has 1 N–H and O–H groups in total. The van der Waals surface area contributed by atoms with Gasteiger partial charge in [0.2, 0.25) is 5.91 Å². The van der Waals surface area contributed by atoms with Crippen LogP contribution in [0.5, 0.6) is 5.75 Å². The van der Waals surface area contributed by atoms with Gasteiger partial charge in [-0.05, 0) is 24.1 Å². The van der Waals surface area contributed by atoms with Gasteiger partial charge in [0.15, 0.2) is 0 Å². The van der Waals surface area contributed by atoms with Crippen molar-refractivity contribution in [1.29, 1.82) is 0 Å². The summed E-state index contributed by atoms with van der Waals surface area (Å²) < 4.78 is 28.0. The molecule has 1 amide bonds. The van der Waals surface area contributed by atoms with Crippen molar-refractivity contribution in [2.75, 3.05) is 6.54 Å². The summed E-state index contributed by atoms with van der Waals surface area (Å²) in [6, 6.07) is 6.01. The Morgan fingerprint density at radius 1 is 1.39 bits per heavy atom. The van der Waals surface area contributed by atoms with Crippen LogP contribution in [0.4, 0.5) is 8.78 Å². The first-order valence-electron chi connectivity index (χ1n) is 5.53. The molecule has 0 aliphatic rings. The lowest BCUT2D eigenvalue weighted by Gasteiger charge is -2.06. The maximum Gasteiger partial charge on any atom is 0.387 e. The molecule has 0 saturated carbocycles. The molecule has 0 aromatic heterocycles. The topological polar surface area (TPSA) is 38.3 Å². The molecular weight excluding hydrogens is 240 g/mol. The van der Waals surface area contributed by atoms with Gasteiger partial charge < -0.3 is 10.1 Å². The van der Waals surface area contributed by atoms with Gasteiger partial charge in [-0.25, -0.2) is 0 Å². The molecule has 0 spiro atoms. The SMILES string of the molecule is C=CCCNC(=O)Cc1ccc(OC(F)F)cc1. The fraction of sp³-hybridized carbons (Fsp3) is 0.308. The van der Waals surface area contributed by atoms with E-state index in [1.165, 1.54) is 12.1 Å². The van der Waals surface area contributed by atoms with E-state index in [0.29, 0.717) is 13.0 Å². The molecule has 0 aliphatic carbocycles. The number of rotatable bonds is 7.